The van der Waals surface area contributed by atoms with E-state index in [1.165, 1.54) is 23.1 Å². The molecule has 220 valence electrons. The topological polar surface area (TPSA) is 86.8 Å². The number of rotatable bonds is 12. The molecule has 0 saturated heterocycles. The first-order valence-corrected chi connectivity index (χ1v) is 16.2. The Labute approximate surface area is 261 Å². The van der Waals surface area contributed by atoms with Gasteiger partial charge in [0.25, 0.3) is 0 Å². The van der Waals surface area contributed by atoms with E-state index < -0.39 is 28.5 Å². The molecule has 0 aromatic heterocycles. The van der Waals surface area contributed by atoms with Crippen LogP contribution in [0.25, 0.3) is 0 Å². The minimum absolute atomic E-state index is 0.0346. The van der Waals surface area contributed by atoms with Crippen molar-refractivity contribution in [3.05, 3.63) is 97.9 Å². The number of nitrogens with one attached hydrogen (secondary N) is 1. The standard InChI is InChI=1S/C29H31Cl4N3O4S/c1-4-19(2)34-29(38)27(15-20-8-6-5-7-9-20)35(17-21-10-12-23(31)24(32)14-21)28(37)18-36(41(3,39)40)26-13-11-22(30)16-25(26)33/h5-14,16,19,27H,4,15,17-18H2,1-3H3,(H,34,38)/t19-,27-/m0/s1. The van der Waals surface area contributed by atoms with E-state index in [4.69, 9.17) is 46.4 Å². The summed E-state index contributed by atoms with van der Waals surface area (Å²) in [7, 11) is -3.98. The third-order valence-electron chi connectivity index (χ3n) is 6.47. The van der Waals surface area contributed by atoms with Crippen LogP contribution in [0.1, 0.15) is 31.4 Å². The summed E-state index contributed by atoms with van der Waals surface area (Å²) in [5, 5.41) is 3.96. The van der Waals surface area contributed by atoms with Gasteiger partial charge in [0.1, 0.15) is 12.6 Å². The molecule has 3 aromatic carbocycles. The number of hydrogen-bond acceptors (Lipinski definition) is 4. The fourth-order valence-corrected chi connectivity index (χ4v) is 5.85. The molecule has 0 fully saturated rings. The molecular formula is C29H31Cl4N3O4S. The van der Waals surface area contributed by atoms with Gasteiger partial charge in [0.15, 0.2) is 0 Å². The molecule has 2 atom stereocenters. The zero-order chi connectivity index (χ0) is 30.3. The van der Waals surface area contributed by atoms with Crippen molar-refractivity contribution in [3.63, 3.8) is 0 Å². The van der Waals surface area contributed by atoms with Crippen LogP contribution in [0.5, 0.6) is 0 Å². The molecule has 0 unspecified atom stereocenters. The number of carbonyl (C=O) groups is 2. The lowest BCUT2D eigenvalue weighted by atomic mass is 10.0. The SMILES string of the molecule is CC[C@H](C)NC(=O)[C@H](Cc1ccccc1)N(Cc1ccc(Cl)c(Cl)c1)C(=O)CN(c1ccc(Cl)cc1Cl)S(C)(=O)=O. The molecule has 12 heteroatoms. The highest BCUT2D eigenvalue weighted by Crippen LogP contribution is 2.31. The van der Waals surface area contributed by atoms with Gasteiger partial charge in [0.05, 0.1) is 27.0 Å². The predicted molar refractivity (Wildman–Crippen MR) is 167 cm³/mol. The number of nitrogens with zero attached hydrogens (tertiary/aromatic N) is 2. The van der Waals surface area contributed by atoms with E-state index in [1.54, 1.807) is 18.2 Å². The molecule has 0 aliphatic heterocycles. The van der Waals surface area contributed by atoms with E-state index in [0.717, 1.165) is 16.1 Å². The lowest BCUT2D eigenvalue weighted by Crippen LogP contribution is -2.54. The smallest absolute Gasteiger partial charge is 0.244 e. The summed E-state index contributed by atoms with van der Waals surface area (Å²) in [4.78, 5) is 29.2. The van der Waals surface area contributed by atoms with E-state index in [0.29, 0.717) is 22.0 Å². The summed E-state index contributed by atoms with van der Waals surface area (Å²) in [6, 6.07) is 17.4. The van der Waals surface area contributed by atoms with Crippen molar-refractivity contribution < 1.29 is 18.0 Å². The molecule has 3 rings (SSSR count). The summed E-state index contributed by atoms with van der Waals surface area (Å²) in [6.45, 7) is 3.17. The Morgan fingerprint density at radius 1 is 0.878 bits per heavy atom. The summed E-state index contributed by atoms with van der Waals surface area (Å²) < 4.78 is 26.7. The quantitative estimate of drug-likeness (QED) is 0.237. The molecule has 0 heterocycles. The van der Waals surface area contributed by atoms with Gasteiger partial charge in [-0.05, 0) is 54.8 Å². The van der Waals surface area contributed by atoms with Crippen molar-refractivity contribution in [2.24, 2.45) is 0 Å². The fraction of sp³-hybridized carbons (Fsp3) is 0.310. The van der Waals surface area contributed by atoms with Crippen LogP contribution in [0.2, 0.25) is 20.1 Å². The molecule has 0 radical (unpaired) electrons. The van der Waals surface area contributed by atoms with Crippen molar-refractivity contribution in [2.75, 3.05) is 17.1 Å². The molecule has 41 heavy (non-hydrogen) atoms. The van der Waals surface area contributed by atoms with Crippen LogP contribution < -0.4 is 9.62 Å². The number of halogens is 4. The molecular weight excluding hydrogens is 628 g/mol. The van der Waals surface area contributed by atoms with E-state index in [1.807, 2.05) is 44.2 Å². The Morgan fingerprint density at radius 3 is 2.15 bits per heavy atom. The average molecular weight is 659 g/mol. The van der Waals surface area contributed by atoms with Crippen molar-refractivity contribution in [1.82, 2.24) is 10.2 Å². The number of anilines is 1. The predicted octanol–water partition coefficient (Wildman–Crippen LogP) is 6.62. The van der Waals surface area contributed by atoms with Gasteiger partial charge in [0.2, 0.25) is 21.8 Å². The maximum atomic E-state index is 14.1. The first-order valence-electron chi connectivity index (χ1n) is 12.8. The van der Waals surface area contributed by atoms with Crippen molar-refractivity contribution in [1.29, 1.82) is 0 Å². The highest BCUT2D eigenvalue weighted by molar-refractivity contribution is 7.92. The number of benzene rings is 3. The zero-order valence-electron chi connectivity index (χ0n) is 22.8. The lowest BCUT2D eigenvalue weighted by molar-refractivity contribution is -0.140. The minimum Gasteiger partial charge on any atom is -0.352 e. The Bertz CT molecular complexity index is 1490. The summed E-state index contributed by atoms with van der Waals surface area (Å²) >= 11 is 24.7. The molecule has 0 spiro atoms. The van der Waals surface area contributed by atoms with Gasteiger partial charge < -0.3 is 10.2 Å². The molecule has 7 nitrogen and oxygen atoms in total. The Balaban J connectivity index is 2.10. The monoisotopic (exact) mass is 657 g/mol. The molecule has 0 aliphatic rings. The second-order valence-corrected chi connectivity index (χ2v) is 13.2. The Hall–Kier alpha value is -2.49. The van der Waals surface area contributed by atoms with Gasteiger partial charge in [-0.25, -0.2) is 8.42 Å². The molecule has 0 aliphatic carbocycles. The fourth-order valence-electron chi connectivity index (χ4n) is 4.11. The van der Waals surface area contributed by atoms with Crippen LogP contribution in [-0.4, -0.2) is 50.0 Å². The summed E-state index contributed by atoms with van der Waals surface area (Å²) in [6.07, 6.45) is 1.85. The molecule has 3 aromatic rings. The molecule has 0 saturated carbocycles. The average Bonchev–Trinajstić information content (AvgIpc) is 2.91. The van der Waals surface area contributed by atoms with E-state index >= 15 is 0 Å². The molecule has 1 N–H and O–H groups in total. The van der Waals surface area contributed by atoms with Crippen molar-refractivity contribution >= 4 is 73.9 Å². The van der Waals surface area contributed by atoms with Crippen LogP contribution in [0.15, 0.2) is 66.7 Å². The van der Waals surface area contributed by atoms with Gasteiger partial charge in [-0.1, -0.05) is 89.7 Å². The van der Waals surface area contributed by atoms with Gasteiger partial charge in [-0.3, -0.25) is 13.9 Å². The first-order chi connectivity index (χ1) is 19.3. The van der Waals surface area contributed by atoms with Gasteiger partial charge in [-0.2, -0.15) is 0 Å². The van der Waals surface area contributed by atoms with Crippen LogP contribution in [0.3, 0.4) is 0 Å². The highest BCUT2D eigenvalue weighted by Gasteiger charge is 2.34. The zero-order valence-corrected chi connectivity index (χ0v) is 26.6. The number of hydrogen-bond donors (Lipinski definition) is 1. The van der Waals surface area contributed by atoms with Gasteiger partial charge >= 0.3 is 0 Å². The van der Waals surface area contributed by atoms with Crippen LogP contribution in [-0.2, 0) is 32.6 Å². The second-order valence-electron chi connectivity index (χ2n) is 9.66. The van der Waals surface area contributed by atoms with Gasteiger partial charge in [0, 0.05) is 24.0 Å². The van der Waals surface area contributed by atoms with E-state index in [2.05, 4.69) is 5.32 Å². The Morgan fingerprint density at radius 2 is 1.56 bits per heavy atom. The van der Waals surface area contributed by atoms with Crippen LogP contribution in [0, 0.1) is 0 Å². The maximum Gasteiger partial charge on any atom is 0.244 e. The van der Waals surface area contributed by atoms with E-state index in [-0.39, 0.29) is 40.6 Å². The Kier molecular flexibility index (Phi) is 11.8. The minimum atomic E-state index is -3.98. The molecule has 2 amide bonds. The number of sulfonamides is 1. The summed E-state index contributed by atoms with van der Waals surface area (Å²) in [5.41, 5.74) is 1.52. The highest BCUT2D eigenvalue weighted by atomic mass is 35.5. The number of amides is 2. The normalized spacial score (nSPS) is 12.9. The first kappa shape index (κ1) is 33.0. The third-order valence-corrected chi connectivity index (χ3v) is 8.87. The molecule has 0 bridgehead atoms. The third kappa shape index (κ3) is 9.25. The second kappa shape index (κ2) is 14.6. The lowest BCUT2D eigenvalue weighted by Gasteiger charge is -2.34. The van der Waals surface area contributed by atoms with Crippen LogP contribution in [0.4, 0.5) is 5.69 Å². The van der Waals surface area contributed by atoms with Crippen molar-refractivity contribution in [2.45, 2.75) is 45.3 Å². The van der Waals surface area contributed by atoms with Crippen molar-refractivity contribution in [3.8, 4) is 0 Å². The van der Waals surface area contributed by atoms with Gasteiger partial charge in [-0.15, -0.1) is 0 Å². The van der Waals surface area contributed by atoms with E-state index in [9.17, 15) is 18.0 Å². The maximum absolute atomic E-state index is 14.1. The van der Waals surface area contributed by atoms with Crippen LogP contribution >= 0.6 is 46.4 Å². The largest absolute Gasteiger partial charge is 0.352 e. The number of carbonyl (C=O) groups excluding carboxylic acids is 2. The summed E-state index contributed by atoms with van der Waals surface area (Å²) in [5.74, 6) is -0.986.